The second kappa shape index (κ2) is 15.0. The number of nitrogens with zero attached hydrogens (tertiary/aromatic N) is 2. The summed E-state index contributed by atoms with van der Waals surface area (Å²) in [6.45, 7) is 4.10. The quantitative estimate of drug-likeness (QED) is 0.189. The molecule has 4 rings (SSSR count). The van der Waals surface area contributed by atoms with E-state index >= 15 is 0 Å². The van der Waals surface area contributed by atoms with Gasteiger partial charge in [-0.15, -0.1) is 0 Å². The topological polar surface area (TPSA) is 86.8 Å². The maximum atomic E-state index is 14.4. The third kappa shape index (κ3) is 8.78. The number of amides is 2. The molecular weight excluding hydrogens is 626 g/mol. The van der Waals surface area contributed by atoms with Crippen LogP contribution in [-0.4, -0.2) is 44.3 Å². The van der Waals surface area contributed by atoms with Crippen LogP contribution in [0.1, 0.15) is 25.0 Å². The first-order valence-corrected chi connectivity index (χ1v) is 16.4. The molecule has 0 spiro atoms. The Bertz CT molecular complexity index is 1580. The van der Waals surface area contributed by atoms with Crippen LogP contribution >= 0.6 is 15.9 Å². The third-order valence-electron chi connectivity index (χ3n) is 6.88. The smallest absolute Gasteiger partial charge is 0.264 e. The van der Waals surface area contributed by atoms with Gasteiger partial charge in [0.05, 0.1) is 10.6 Å². The summed E-state index contributed by atoms with van der Waals surface area (Å²) in [5.74, 6) is -0.571. The van der Waals surface area contributed by atoms with E-state index in [9.17, 15) is 18.0 Å². The van der Waals surface area contributed by atoms with E-state index in [0.29, 0.717) is 12.2 Å². The second-order valence-corrected chi connectivity index (χ2v) is 13.4. The van der Waals surface area contributed by atoms with Gasteiger partial charge in [-0.05, 0) is 53.4 Å². The van der Waals surface area contributed by atoms with Crippen LogP contribution in [0.4, 0.5) is 5.69 Å². The average molecular weight is 663 g/mol. The van der Waals surface area contributed by atoms with Crippen molar-refractivity contribution in [2.75, 3.05) is 17.4 Å². The van der Waals surface area contributed by atoms with Crippen molar-refractivity contribution < 1.29 is 18.0 Å². The normalized spacial score (nSPS) is 12.0. The maximum Gasteiger partial charge on any atom is 0.264 e. The molecule has 43 heavy (non-hydrogen) atoms. The lowest BCUT2D eigenvalue weighted by atomic mass is 10.0. The standard InChI is InChI=1S/C34H36BrN3O4S/c1-26(2)23-36-34(40)32(22-27-12-6-3-7-13-27)37(24-28-14-8-4-9-15-28)33(39)25-38(30-20-18-29(35)19-21-30)43(41,42)31-16-10-5-11-17-31/h3-21,26,32H,22-25H2,1-2H3,(H,36,40)/t32-/m1/s1. The molecule has 0 aromatic heterocycles. The first kappa shape index (κ1) is 32.0. The van der Waals surface area contributed by atoms with Crippen molar-refractivity contribution in [1.29, 1.82) is 0 Å². The number of halogens is 1. The zero-order valence-corrected chi connectivity index (χ0v) is 26.7. The molecule has 0 saturated carbocycles. The van der Waals surface area contributed by atoms with Crippen molar-refractivity contribution in [2.24, 2.45) is 5.92 Å². The molecule has 4 aromatic carbocycles. The number of rotatable bonds is 13. The van der Waals surface area contributed by atoms with E-state index in [0.717, 1.165) is 19.9 Å². The van der Waals surface area contributed by atoms with Gasteiger partial charge in [-0.25, -0.2) is 8.42 Å². The number of carbonyl (C=O) groups is 2. The van der Waals surface area contributed by atoms with Gasteiger partial charge in [0.1, 0.15) is 12.6 Å². The molecule has 4 aromatic rings. The van der Waals surface area contributed by atoms with Crippen LogP contribution in [0, 0.1) is 5.92 Å². The minimum absolute atomic E-state index is 0.0656. The van der Waals surface area contributed by atoms with Gasteiger partial charge < -0.3 is 10.2 Å². The van der Waals surface area contributed by atoms with Gasteiger partial charge in [0.2, 0.25) is 11.8 Å². The highest BCUT2D eigenvalue weighted by molar-refractivity contribution is 9.10. The highest BCUT2D eigenvalue weighted by atomic mass is 79.9. The SMILES string of the molecule is CC(C)CNC(=O)[C@@H](Cc1ccccc1)N(Cc1ccccc1)C(=O)CN(c1ccc(Br)cc1)S(=O)(=O)c1ccccc1. The molecular formula is C34H36BrN3O4S. The summed E-state index contributed by atoms with van der Waals surface area (Å²) in [6, 6.07) is 32.8. The van der Waals surface area contributed by atoms with E-state index in [1.165, 1.54) is 17.0 Å². The van der Waals surface area contributed by atoms with Gasteiger partial charge in [0.25, 0.3) is 10.0 Å². The van der Waals surface area contributed by atoms with Crippen LogP contribution in [-0.2, 0) is 32.6 Å². The molecule has 0 heterocycles. The highest BCUT2D eigenvalue weighted by Gasteiger charge is 2.34. The fourth-order valence-corrected chi connectivity index (χ4v) is 6.31. The summed E-state index contributed by atoms with van der Waals surface area (Å²) in [5.41, 5.74) is 2.05. The number of anilines is 1. The minimum Gasteiger partial charge on any atom is -0.354 e. The fraction of sp³-hybridized carbons (Fsp3) is 0.235. The summed E-state index contributed by atoms with van der Waals surface area (Å²) in [6.07, 6.45) is 0.271. The summed E-state index contributed by atoms with van der Waals surface area (Å²) < 4.78 is 29.8. The number of benzene rings is 4. The average Bonchev–Trinajstić information content (AvgIpc) is 3.02. The number of nitrogens with one attached hydrogen (secondary N) is 1. The monoisotopic (exact) mass is 661 g/mol. The lowest BCUT2D eigenvalue weighted by Gasteiger charge is -2.34. The van der Waals surface area contributed by atoms with Crippen molar-refractivity contribution in [3.8, 4) is 0 Å². The van der Waals surface area contributed by atoms with Crippen LogP contribution in [0.25, 0.3) is 0 Å². The molecule has 1 N–H and O–H groups in total. The van der Waals surface area contributed by atoms with E-state index in [4.69, 9.17) is 0 Å². The number of carbonyl (C=O) groups excluding carboxylic acids is 2. The Kier molecular flexibility index (Phi) is 11.1. The first-order valence-electron chi connectivity index (χ1n) is 14.1. The highest BCUT2D eigenvalue weighted by Crippen LogP contribution is 2.26. The van der Waals surface area contributed by atoms with Gasteiger partial charge in [-0.1, -0.05) is 109 Å². The number of sulfonamides is 1. The molecule has 224 valence electrons. The molecule has 0 fully saturated rings. The van der Waals surface area contributed by atoms with Gasteiger partial charge >= 0.3 is 0 Å². The Balaban J connectivity index is 1.77. The Morgan fingerprint density at radius 2 is 1.30 bits per heavy atom. The van der Waals surface area contributed by atoms with Crippen molar-refractivity contribution in [2.45, 2.75) is 37.8 Å². The third-order valence-corrected chi connectivity index (χ3v) is 9.19. The molecule has 9 heteroatoms. The molecule has 1 atom stereocenters. The zero-order chi connectivity index (χ0) is 30.8. The zero-order valence-electron chi connectivity index (χ0n) is 24.3. The summed E-state index contributed by atoms with van der Waals surface area (Å²) >= 11 is 3.40. The van der Waals surface area contributed by atoms with Crippen LogP contribution in [0.15, 0.2) is 125 Å². The molecule has 0 aliphatic heterocycles. The van der Waals surface area contributed by atoms with Gasteiger partial charge in [-0.3, -0.25) is 13.9 Å². The van der Waals surface area contributed by atoms with Crippen LogP contribution in [0.3, 0.4) is 0 Å². The van der Waals surface area contributed by atoms with Gasteiger partial charge in [0.15, 0.2) is 0 Å². The van der Waals surface area contributed by atoms with Crippen molar-refractivity contribution in [3.05, 3.63) is 131 Å². The fourth-order valence-electron chi connectivity index (χ4n) is 4.61. The van der Waals surface area contributed by atoms with E-state index in [1.807, 2.05) is 74.5 Å². The largest absolute Gasteiger partial charge is 0.354 e. The van der Waals surface area contributed by atoms with E-state index < -0.39 is 28.5 Å². The van der Waals surface area contributed by atoms with E-state index in [2.05, 4.69) is 21.2 Å². The summed E-state index contributed by atoms with van der Waals surface area (Å²) in [4.78, 5) is 29.7. The first-order chi connectivity index (χ1) is 20.6. The second-order valence-electron chi connectivity index (χ2n) is 10.7. The van der Waals surface area contributed by atoms with Crippen LogP contribution in [0.5, 0.6) is 0 Å². The van der Waals surface area contributed by atoms with E-state index in [-0.39, 0.29) is 29.7 Å². The molecule has 0 saturated heterocycles. The molecule has 2 amide bonds. The summed E-state index contributed by atoms with van der Waals surface area (Å²) in [5, 5.41) is 3.00. The number of hydrogen-bond acceptors (Lipinski definition) is 4. The Hall–Kier alpha value is -3.95. The Morgan fingerprint density at radius 1 is 0.767 bits per heavy atom. The minimum atomic E-state index is -4.12. The van der Waals surface area contributed by atoms with Crippen molar-refractivity contribution in [3.63, 3.8) is 0 Å². The summed E-state index contributed by atoms with van der Waals surface area (Å²) in [7, 11) is -4.12. The lowest BCUT2D eigenvalue weighted by molar-refractivity contribution is -0.140. The van der Waals surface area contributed by atoms with Gasteiger partial charge in [0, 0.05) is 24.0 Å². The number of hydrogen-bond donors (Lipinski definition) is 1. The molecule has 0 aliphatic rings. The maximum absolute atomic E-state index is 14.4. The molecule has 0 radical (unpaired) electrons. The Morgan fingerprint density at radius 3 is 1.86 bits per heavy atom. The molecule has 7 nitrogen and oxygen atoms in total. The molecule has 0 aliphatic carbocycles. The van der Waals surface area contributed by atoms with Crippen molar-refractivity contribution >= 4 is 43.5 Å². The predicted octanol–water partition coefficient (Wildman–Crippen LogP) is 6.06. The van der Waals surface area contributed by atoms with E-state index in [1.54, 1.807) is 42.5 Å². The van der Waals surface area contributed by atoms with Gasteiger partial charge in [-0.2, -0.15) is 0 Å². The Labute approximate surface area is 262 Å². The van der Waals surface area contributed by atoms with Crippen LogP contribution in [0.2, 0.25) is 0 Å². The predicted molar refractivity (Wildman–Crippen MR) is 174 cm³/mol. The molecule has 0 unspecified atom stereocenters. The van der Waals surface area contributed by atoms with Crippen LogP contribution < -0.4 is 9.62 Å². The van der Waals surface area contributed by atoms with Crippen molar-refractivity contribution in [1.82, 2.24) is 10.2 Å². The lowest BCUT2D eigenvalue weighted by Crippen LogP contribution is -2.53. The molecule has 0 bridgehead atoms.